The lowest BCUT2D eigenvalue weighted by molar-refractivity contribution is -0.336. The van der Waals surface area contributed by atoms with Gasteiger partial charge in [0.25, 0.3) is 11.7 Å². The smallest absolute Gasteiger partial charge is 0.312 e. The second-order valence-electron chi connectivity index (χ2n) is 16.4. The number of methoxy groups -OCH3 is 1. The second-order valence-corrected chi connectivity index (χ2v) is 18.3. The van der Waals surface area contributed by atoms with E-state index in [0.29, 0.717) is 0 Å². The molecular formula is C44H57IN2O13S. The molecule has 2 aromatic rings. The van der Waals surface area contributed by atoms with Gasteiger partial charge in [-0.2, -0.15) is 0 Å². The van der Waals surface area contributed by atoms with E-state index in [-0.39, 0.29) is 90.3 Å². The standard InChI is InChI=1S/C44H57IN2O13S/c1-20-13-12-14-21(2)42(54)47-32-34(51)30-29(35(52)40(32)61-18-16-46-28(49)19-45)31-39(23(4)33(30)50)60-44(10,41(31)53)56-17-15-27(55-11)22(3)37(57-26(7)48)25(6)38-24(5)36(20)58-43(8,9)59-38/h12-15,17,20,22,24-25,27,36-38,50-52H,16,18-19H2,1-11H3,(H,46,49)(H,47,54)/b13-12+,17-15+,21-14+/t20-,22+,24-,25+,27-,36+,37+,38-,44+/m1/s1. The van der Waals surface area contributed by atoms with Gasteiger partial charge in [0, 0.05) is 73.4 Å². The SMILES string of the molecule is CO[C@@H]1/C=C/O[C@@]2(C)Oc3c(C)c(O)c4c(O)c(c(SCCNC(=O)CI)c(O)c4c3C2=O)NC(=O)/C(C)=C/C=C/[C@@H](C)[C@@H]2OC(C)(C)O[C@@H]([C@@H](C)[C@@H](OC(C)=O)[C@H]1C)[C@@H]2C. The van der Waals surface area contributed by atoms with Crippen molar-refractivity contribution in [2.75, 3.05) is 29.2 Å². The highest BCUT2D eigenvalue weighted by Gasteiger charge is 2.51. The van der Waals surface area contributed by atoms with Crippen molar-refractivity contribution < 1.29 is 62.9 Å². The molecule has 334 valence electrons. The molecule has 7 bridgehead atoms. The first-order valence-corrected chi connectivity index (χ1v) is 22.6. The van der Waals surface area contributed by atoms with Gasteiger partial charge in [-0.3, -0.25) is 19.2 Å². The minimum absolute atomic E-state index is 0.0162. The highest BCUT2D eigenvalue weighted by molar-refractivity contribution is 14.1. The molecule has 61 heavy (non-hydrogen) atoms. The lowest BCUT2D eigenvalue weighted by atomic mass is 9.77. The summed E-state index contributed by atoms with van der Waals surface area (Å²) in [5.41, 5.74) is -0.0673. The largest absolute Gasteiger partial charge is 0.507 e. The van der Waals surface area contributed by atoms with Crippen molar-refractivity contribution in [1.82, 2.24) is 5.32 Å². The molecule has 0 aromatic heterocycles. The van der Waals surface area contributed by atoms with Crippen molar-refractivity contribution in [3.63, 3.8) is 0 Å². The van der Waals surface area contributed by atoms with Crippen LogP contribution in [0, 0.1) is 30.6 Å². The molecule has 4 aliphatic rings. The van der Waals surface area contributed by atoms with Crippen molar-refractivity contribution in [2.45, 2.75) is 110 Å². The summed E-state index contributed by atoms with van der Waals surface area (Å²) < 4.78 is 37.4. The number of esters is 1. The highest BCUT2D eigenvalue weighted by atomic mass is 127. The van der Waals surface area contributed by atoms with Crippen LogP contribution in [-0.4, -0.2) is 98.7 Å². The summed E-state index contributed by atoms with van der Waals surface area (Å²) >= 11 is 2.95. The molecule has 2 aromatic carbocycles. The predicted molar refractivity (Wildman–Crippen MR) is 238 cm³/mol. The molecule has 1 fully saturated rings. The minimum Gasteiger partial charge on any atom is -0.507 e. The van der Waals surface area contributed by atoms with Crippen LogP contribution in [0.2, 0.25) is 0 Å². The molecule has 1 saturated heterocycles. The van der Waals surface area contributed by atoms with Crippen LogP contribution < -0.4 is 15.4 Å². The molecular weight excluding hydrogens is 923 g/mol. The number of phenolic OH excluding ortho intramolecular Hbond substituents is 3. The number of rotatable bonds is 7. The fourth-order valence-electron chi connectivity index (χ4n) is 8.31. The fraction of sp³-hybridized carbons (Fsp3) is 0.545. The summed E-state index contributed by atoms with van der Waals surface area (Å²) in [5, 5.41) is 40.5. The van der Waals surface area contributed by atoms with Gasteiger partial charge in [-0.05, 0) is 33.8 Å². The first-order chi connectivity index (χ1) is 28.6. The van der Waals surface area contributed by atoms with Gasteiger partial charge in [0.05, 0.1) is 44.8 Å². The van der Waals surface area contributed by atoms with E-state index < -0.39 is 70.7 Å². The normalized spacial score (nSPS) is 31.0. The van der Waals surface area contributed by atoms with Crippen molar-refractivity contribution in [2.24, 2.45) is 23.7 Å². The van der Waals surface area contributed by atoms with E-state index in [2.05, 4.69) is 10.6 Å². The maximum Gasteiger partial charge on any atom is 0.312 e. The Morgan fingerprint density at radius 2 is 1.62 bits per heavy atom. The highest BCUT2D eigenvalue weighted by Crippen LogP contribution is 2.57. The lowest BCUT2D eigenvalue weighted by Crippen LogP contribution is -2.56. The zero-order valence-electron chi connectivity index (χ0n) is 36.3. The number of ketones is 1. The number of carbonyl (C=O) groups is 4. The molecule has 0 saturated carbocycles. The quantitative estimate of drug-likeness (QED) is 0.0354. The van der Waals surface area contributed by atoms with Gasteiger partial charge in [-0.15, -0.1) is 11.8 Å². The summed E-state index contributed by atoms with van der Waals surface area (Å²) in [6.45, 7) is 17.5. The van der Waals surface area contributed by atoms with Crippen LogP contribution in [0.25, 0.3) is 10.8 Å². The van der Waals surface area contributed by atoms with Gasteiger partial charge in [0.15, 0.2) is 11.5 Å². The Kier molecular flexibility index (Phi) is 15.1. The van der Waals surface area contributed by atoms with E-state index in [1.165, 1.54) is 34.1 Å². The zero-order chi connectivity index (χ0) is 45.3. The van der Waals surface area contributed by atoms with Gasteiger partial charge in [0.2, 0.25) is 5.91 Å². The Hall–Kier alpha value is -4.04. The van der Waals surface area contributed by atoms with Crippen molar-refractivity contribution in [1.29, 1.82) is 0 Å². The van der Waals surface area contributed by atoms with Crippen LogP contribution in [0.4, 0.5) is 5.69 Å². The minimum atomic E-state index is -2.02. The number of carbonyl (C=O) groups excluding carboxylic acids is 4. The molecule has 0 spiro atoms. The molecule has 4 heterocycles. The summed E-state index contributed by atoms with van der Waals surface area (Å²) in [6, 6.07) is 0. The monoisotopic (exact) mass is 980 g/mol. The third-order valence-electron chi connectivity index (χ3n) is 11.5. The molecule has 2 amide bonds. The van der Waals surface area contributed by atoms with Crippen LogP contribution in [0.15, 0.2) is 41.0 Å². The number of hydrogen-bond acceptors (Lipinski definition) is 14. The van der Waals surface area contributed by atoms with Gasteiger partial charge in [0.1, 0.15) is 29.0 Å². The molecule has 0 aliphatic carbocycles. The number of allylic oxidation sites excluding steroid dienone is 2. The summed E-state index contributed by atoms with van der Waals surface area (Å²) in [4.78, 5) is 52.9. The van der Waals surface area contributed by atoms with E-state index in [9.17, 15) is 34.5 Å². The fourth-order valence-corrected chi connectivity index (χ4v) is 9.52. The maximum absolute atomic E-state index is 14.5. The number of ether oxygens (including phenoxy) is 6. The van der Waals surface area contributed by atoms with Crippen LogP contribution in [0.5, 0.6) is 23.0 Å². The first kappa shape index (κ1) is 48.0. The molecule has 9 atom stereocenters. The number of alkyl halides is 1. The summed E-state index contributed by atoms with van der Waals surface area (Å²) in [7, 11) is 1.50. The van der Waals surface area contributed by atoms with Gasteiger partial charge in [-0.1, -0.05) is 68.5 Å². The molecule has 17 heteroatoms. The van der Waals surface area contributed by atoms with E-state index in [4.69, 9.17) is 28.4 Å². The Balaban J connectivity index is 1.70. The Labute approximate surface area is 374 Å². The number of Topliss-reactive ketones (excluding diaryl/α,β-unsaturated/α-hetero) is 1. The molecule has 0 unspecified atom stereocenters. The van der Waals surface area contributed by atoms with Crippen molar-refractivity contribution in [3.8, 4) is 23.0 Å². The molecule has 6 rings (SSSR count). The number of fused-ring (bicyclic) bond motifs is 10. The topological polar surface area (TPSA) is 208 Å². The maximum atomic E-state index is 14.5. The predicted octanol–water partition coefficient (Wildman–Crippen LogP) is 7.20. The van der Waals surface area contributed by atoms with Gasteiger partial charge in [-0.25, -0.2) is 0 Å². The summed E-state index contributed by atoms with van der Waals surface area (Å²) in [5.74, 6) is -7.83. The van der Waals surface area contributed by atoms with E-state index >= 15 is 0 Å². The van der Waals surface area contributed by atoms with E-state index in [1.807, 2.05) is 70.2 Å². The van der Waals surface area contributed by atoms with Crippen molar-refractivity contribution >= 4 is 74.4 Å². The molecule has 0 radical (unpaired) electrons. The number of hydrogen-bond donors (Lipinski definition) is 5. The Bertz CT molecular complexity index is 2150. The number of amides is 2. The average Bonchev–Trinajstić information content (AvgIpc) is 3.47. The van der Waals surface area contributed by atoms with Crippen LogP contribution in [-0.2, 0) is 38.1 Å². The van der Waals surface area contributed by atoms with Gasteiger partial charge >= 0.3 is 11.8 Å². The number of halogens is 1. The van der Waals surface area contributed by atoms with E-state index in [1.54, 1.807) is 25.2 Å². The second kappa shape index (κ2) is 19.1. The number of benzene rings is 2. The zero-order valence-corrected chi connectivity index (χ0v) is 39.3. The first-order valence-electron chi connectivity index (χ1n) is 20.1. The lowest BCUT2D eigenvalue weighted by Gasteiger charge is -2.50. The van der Waals surface area contributed by atoms with Crippen LogP contribution >= 0.6 is 34.4 Å². The van der Waals surface area contributed by atoms with Crippen LogP contribution in [0.3, 0.4) is 0 Å². The number of anilines is 1. The third-order valence-corrected chi connectivity index (χ3v) is 13.3. The average molecular weight is 981 g/mol. The number of phenols is 3. The molecule has 15 nitrogen and oxygen atoms in total. The van der Waals surface area contributed by atoms with Crippen molar-refractivity contribution in [3.05, 3.63) is 47.3 Å². The molecule has 5 N–H and O–H groups in total. The van der Waals surface area contributed by atoms with E-state index in [0.717, 1.165) is 11.8 Å². The third kappa shape index (κ3) is 9.80. The summed E-state index contributed by atoms with van der Waals surface area (Å²) in [6.07, 6.45) is 5.86. The number of nitrogens with one attached hydrogen (secondary N) is 2. The Morgan fingerprint density at radius 1 is 0.951 bits per heavy atom. The number of aromatic hydroxyl groups is 3. The van der Waals surface area contributed by atoms with Gasteiger partial charge < -0.3 is 54.4 Å². The van der Waals surface area contributed by atoms with Crippen LogP contribution in [0.1, 0.15) is 78.2 Å². The number of thioether (sulfide) groups is 1. The molecule has 4 aliphatic heterocycles. The Morgan fingerprint density at radius 3 is 2.26 bits per heavy atom.